The van der Waals surface area contributed by atoms with Crippen LogP contribution in [0.1, 0.15) is 38.5 Å². The van der Waals surface area contributed by atoms with E-state index in [1.165, 1.54) is 32.1 Å². The van der Waals surface area contributed by atoms with Crippen LogP contribution < -0.4 is 4.90 Å². The number of amides is 1. The van der Waals surface area contributed by atoms with Gasteiger partial charge in [-0.3, -0.25) is 4.79 Å². The molecule has 2 atom stereocenters. The minimum Gasteiger partial charge on any atom is -0.378 e. The van der Waals surface area contributed by atoms with Crippen molar-refractivity contribution in [2.45, 2.75) is 48.9 Å². The first kappa shape index (κ1) is 17.5. The molecule has 0 radical (unpaired) electrons. The Morgan fingerprint density at radius 1 is 1.12 bits per heavy atom. The summed E-state index contributed by atoms with van der Waals surface area (Å²) in [5, 5.41) is 9.51. The molecule has 6 nitrogen and oxygen atoms in total. The topological polar surface area (TPSA) is 58.6 Å². The highest BCUT2D eigenvalue weighted by Gasteiger charge is 2.35. The van der Waals surface area contributed by atoms with Gasteiger partial charge in [0.05, 0.1) is 19.0 Å². The Balaban J connectivity index is 1.31. The molecule has 0 N–H and O–H groups in total. The van der Waals surface area contributed by atoms with Gasteiger partial charge < -0.3 is 14.5 Å². The highest BCUT2D eigenvalue weighted by atomic mass is 32.2. The molecule has 3 heterocycles. The summed E-state index contributed by atoms with van der Waals surface area (Å²) in [7, 11) is 0. The van der Waals surface area contributed by atoms with Crippen LogP contribution in [0.15, 0.2) is 4.34 Å². The third kappa shape index (κ3) is 4.11. The van der Waals surface area contributed by atoms with Crippen LogP contribution in [-0.4, -0.2) is 65.6 Å². The first-order valence-electron chi connectivity index (χ1n) is 9.40. The predicted octanol–water partition coefficient (Wildman–Crippen LogP) is 2.65. The molecule has 0 aromatic carbocycles. The highest BCUT2D eigenvalue weighted by molar-refractivity contribution is 8.01. The fraction of sp³-hybridized carbons (Fsp3) is 0.824. The van der Waals surface area contributed by atoms with Crippen LogP contribution in [0.4, 0.5) is 5.13 Å². The SMILES string of the molecule is O=C(CSc1nnc(N2CCOCC2)s1)N1CCCC2CCCCC21. The van der Waals surface area contributed by atoms with E-state index in [1.54, 1.807) is 23.1 Å². The number of likely N-dealkylation sites (tertiary alicyclic amines) is 1. The Hall–Kier alpha value is -0.860. The van der Waals surface area contributed by atoms with E-state index >= 15 is 0 Å². The lowest BCUT2D eigenvalue weighted by molar-refractivity contribution is -0.134. The van der Waals surface area contributed by atoms with Gasteiger partial charge in [0.2, 0.25) is 11.0 Å². The van der Waals surface area contributed by atoms with Gasteiger partial charge in [0.15, 0.2) is 4.34 Å². The smallest absolute Gasteiger partial charge is 0.233 e. The zero-order chi connectivity index (χ0) is 17.1. The number of anilines is 1. The summed E-state index contributed by atoms with van der Waals surface area (Å²) in [5.41, 5.74) is 0. The summed E-state index contributed by atoms with van der Waals surface area (Å²) >= 11 is 3.13. The molecule has 1 aromatic rings. The first-order valence-corrected chi connectivity index (χ1v) is 11.2. The molecular weight excluding hydrogens is 356 g/mol. The van der Waals surface area contributed by atoms with Crippen LogP contribution in [0.5, 0.6) is 0 Å². The minimum absolute atomic E-state index is 0.282. The molecule has 0 bridgehead atoms. The largest absolute Gasteiger partial charge is 0.378 e. The summed E-state index contributed by atoms with van der Waals surface area (Å²) in [4.78, 5) is 17.2. The van der Waals surface area contributed by atoms with Gasteiger partial charge >= 0.3 is 0 Å². The van der Waals surface area contributed by atoms with Gasteiger partial charge in [-0.25, -0.2) is 0 Å². The Bertz CT molecular complexity index is 589. The van der Waals surface area contributed by atoms with Gasteiger partial charge in [-0.2, -0.15) is 0 Å². The lowest BCUT2D eigenvalue weighted by atomic mass is 9.78. The maximum Gasteiger partial charge on any atom is 0.233 e. The fourth-order valence-corrected chi connectivity index (χ4v) is 6.06. The highest BCUT2D eigenvalue weighted by Crippen LogP contribution is 2.36. The van der Waals surface area contributed by atoms with Gasteiger partial charge in [0, 0.05) is 25.7 Å². The molecule has 2 unspecified atom stereocenters. The number of carbonyl (C=O) groups excluding carboxylic acids is 1. The van der Waals surface area contributed by atoms with Crippen molar-refractivity contribution in [2.24, 2.45) is 5.92 Å². The maximum atomic E-state index is 12.8. The molecule has 3 aliphatic rings. The number of rotatable bonds is 4. The van der Waals surface area contributed by atoms with Crippen molar-refractivity contribution >= 4 is 34.1 Å². The molecule has 3 fully saturated rings. The molecular formula is C17H26N4O2S2. The predicted molar refractivity (Wildman–Crippen MR) is 100 cm³/mol. The second-order valence-corrected chi connectivity index (χ2v) is 9.26. The lowest BCUT2D eigenvalue weighted by Gasteiger charge is -2.44. The summed E-state index contributed by atoms with van der Waals surface area (Å²) in [5.74, 6) is 1.51. The van der Waals surface area contributed by atoms with Crippen LogP contribution >= 0.6 is 23.1 Å². The summed E-state index contributed by atoms with van der Waals surface area (Å²) in [6, 6.07) is 0.494. The van der Waals surface area contributed by atoms with E-state index in [9.17, 15) is 4.79 Å². The zero-order valence-electron chi connectivity index (χ0n) is 14.6. The van der Waals surface area contributed by atoms with Crippen LogP contribution in [-0.2, 0) is 9.53 Å². The van der Waals surface area contributed by atoms with Crippen molar-refractivity contribution in [3.05, 3.63) is 0 Å². The third-order valence-electron chi connectivity index (χ3n) is 5.56. The maximum absolute atomic E-state index is 12.8. The molecule has 1 aromatic heterocycles. The number of morpholine rings is 1. The van der Waals surface area contributed by atoms with Crippen molar-refractivity contribution in [1.82, 2.24) is 15.1 Å². The van der Waals surface area contributed by atoms with Gasteiger partial charge in [-0.05, 0) is 31.6 Å². The third-order valence-corrected chi connectivity index (χ3v) is 7.66. The average molecular weight is 383 g/mol. The molecule has 25 heavy (non-hydrogen) atoms. The number of fused-ring (bicyclic) bond motifs is 1. The standard InChI is InChI=1S/C17H26N4O2S2/c22-15(21-7-3-5-13-4-1-2-6-14(13)21)12-24-17-19-18-16(25-17)20-8-10-23-11-9-20/h13-14H,1-12H2. The minimum atomic E-state index is 0.282. The van der Waals surface area contributed by atoms with Crippen LogP contribution in [0, 0.1) is 5.92 Å². The van der Waals surface area contributed by atoms with Crippen molar-refractivity contribution in [3.63, 3.8) is 0 Å². The molecule has 138 valence electrons. The molecule has 0 spiro atoms. The van der Waals surface area contributed by atoms with E-state index < -0.39 is 0 Å². The van der Waals surface area contributed by atoms with E-state index in [0.29, 0.717) is 11.8 Å². The van der Waals surface area contributed by atoms with Crippen LogP contribution in [0.2, 0.25) is 0 Å². The van der Waals surface area contributed by atoms with Crippen molar-refractivity contribution < 1.29 is 9.53 Å². The van der Waals surface area contributed by atoms with Crippen molar-refractivity contribution in [2.75, 3.05) is 43.5 Å². The Labute approximate surface area is 157 Å². The van der Waals surface area contributed by atoms with E-state index in [1.807, 2.05) is 0 Å². The Morgan fingerprint density at radius 2 is 1.92 bits per heavy atom. The van der Waals surface area contributed by atoms with Crippen LogP contribution in [0.25, 0.3) is 0 Å². The van der Waals surface area contributed by atoms with E-state index in [2.05, 4.69) is 20.0 Å². The van der Waals surface area contributed by atoms with Gasteiger partial charge in [-0.15, -0.1) is 10.2 Å². The molecule has 2 aliphatic heterocycles. The second kappa shape index (κ2) is 8.22. The lowest BCUT2D eigenvalue weighted by Crippen LogP contribution is -2.50. The van der Waals surface area contributed by atoms with Gasteiger partial charge in [-0.1, -0.05) is 35.9 Å². The molecule has 8 heteroatoms. The van der Waals surface area contributed by atoms with Crippen molar-refractivity contribution in [3.8, 4) is 0 Å². The number of carbonyl (C=O) groups is 1. The summed E-state index contributed by atoms with van der Waals surface area (Å²) in [6.07, 6.45) is 7.59. The quantitative estimate of drug-likeness (QED) is 0.746. The molecule has 1 saturated carbocycles. The van der Waals surface area contributed by atoms with E-state index in [-0.39, 0.29) is 5.91 Å². The molecule has 1 aliphatic carbocycles. The summed E-state index contributed by atoms with van der Waals surface area (Å²) < 4.78 is 6.27. The number of ether oxygens (including phenoxy) is 1. The number of hydrogen-bond acceptors (Lipinski definition) is 7. The summed E-state index contributed by atoms with van der Waals surface area (Å²) in [6.45, 7) is 4.18. The zero-order valence-corrected chi connectivity index (χ0v) is 16.2. The monoisotopic (exact) mass is 382 g/mol. The number of hydrogen-bond donors (Lipinski definition) is 0. The second-order valence-electron chi connectivity index (χ2n) is 7.08. The first-order chi connectivity index (χ1) is 12.3. The van der Waals surface area contributed by atoms with E-state index in [0.717, 1.165) is 54.7 Å². The Morgan fingerprint density at radius 3 is 2.80 bits per heavy atom. The number of aromatic nitrogens is 2. The van der Waals surface area contributed by atoms with Crippen LogP contribution in [0.3, 0.4) is 0 Å². The normalized spacial score (nSPS) is 27.2. The molecule has 4 rings (SSSR count). The fourth-order valence-electron chi connectivity index (χ4n) is 4.28. The molecule has 1 amide bonds. The number of piperidine rings is 1. The van der Waals surface area contributed by atoms with Gasteiger partial charge in [0.25, 0.3) is 0 Å². The van der Waals surface area contributed by atoms with Crippen molar-refractivity contribution in [1.29, 1.82) is 0 Å². The molecule has 2 saturated heterocycles. The number of thioether (sulfide) groups is 1. The van der Waals surface area contributed by atoms with Gasteiger partial charge in [0.1, 0.15) is 0 Å². The number of nitrogens with zero attached hydrogens (tertiary/aromatic N) is 4. The average Bonchev–Trinajstić information content (AvgIpc) is 3.15. The Kier molecular flexibility index (Phi) is 5.77. The van der Waals surface area contributed by atoms with E-state index in [4.69, 9.17) is 4.74 Å².